The first-order valence-corrected chi connectivity index (χ1v) is 7.57. The van der Waals surface area contributed by atoms with Gasteiger partial charge in [-0.25, -0.2) is 4.98 Å². The molecule has 0 saturated carbocycles. The predicted molar refractivity (Wildman–Crippen MR) is 89.5 cm³/mol. The molecular weight excluding hydrogens is 310 g/mol. The molecule has 1 aromatic heterocycles. The number of amides is 1. The van der Waals surface area contributed by atoms with Crippen molar-refractivity contribution in [2.45, 2.75) is 20.4 Å². The number of ether oxygens (including phenoxy) is 2. The Morgan fingerprint density at radius 2 is 2.04 bits per heavy atom. The Hall–Kier alpha value is -2.83. The third-order valence-corrected chi connectivity index (χ3v) is 3.37. The van der Waals surface area contributed by atoms with E-state index < -0.39 is 0 Å². The maximum atomic E-state index is 11.8. The standard InChI is InChI=1S/C17H21N3O4/c1-12-4-5-14(15(8-12)23-3)24-10-16(21)18-6-7-20-11-19-13(2)9-17(20)22/h4-5,8-9,11H,6-7,10H2,1-3H3,(H,18,21). The number of hydrogen-bond donors (Lipinski definition) is 1. The molecule has 1 amide bonds. The quantitative estimate of drug-likeness (QED) is 0.820. The lowest BCUT2D eigenvalue weighted by atomic mass is 10.2. The monoisotopic (exact) mass is 331 g/mol. The van der Waals surface area contributed by atoms with Crippen molar-refractivity contribution >= 4 is 5.91 Å². The van der Waals surface area contributed by atoms with Gasteiger partial charge in [0.15, 0.2) is 18.1 Å². The van der Waals surface area contributed by atoms with Gasteiger partial charge in [-0.05, 0) is 31.5 Å². The molecule has 128 valence electrons. The third-order valence-electron chi connectivity index (χ3n) is 3.37. The molecule has 7 heteroatoms. The van der Waals surface area contributed by atoms with E-state index in [-0.39, 0.29) is 18.1 Å². The summed E-state index contributed by atoms with van der Waals surface area (Å²) in [5, 5.41) is 2.70. The highest BCUT2D eigenvalue weighted by Crippen LogP contribution is 2.27. The number of aromatic nitrogens is 2. The predicted octanol–water partition coefficient (Wildman–Crippen LogP) is 1.06. The summed E-state index contributed by atoms with van der Waals surface area (Å²) in [6.45, 7) is 4.25. The van der Waals surface area contributed by atoms with Crippen LogP contribution in [0.4, 0.5) is 0 Å². The van der Waals surface area contributed by atoms with Crippen molar-refractivity contribution < 1.29 is 14.3 Å². The van der Waals surface area contributed by atoms with Crippen LogP contribution in [0.1, 0.15) is 11.3 Å². The largest absolute Gasteiger partial charge is 0.493 e. The normalized spacial score (nSPS) is 10.3. The van der Waals surface area contributed by atoms with Crippen LogP contribution in [0, 0.1) is 13.8 Å². The summed E-state index contributed by atoms with van der Waals surface area (Å²) in [6, 6.07) is 6.93. The van der Waals surface area contributed by atoms with Crippen molar-refractivity contribution in [1.29, 1.82) is 0 Å². The second kappa shape index (κ2) is 8.14. The molecule has 0 aliphatic heterocycles. The van der Waals surface area contributed by atoms with Gasteiger partial charge >= 0.3 is 0 Å². The molecular formula is C17H21N3O4. The smallest absolute Gasteiger partial charge is 0.258 e. The van der Waals surface area contributed by atoms with E-state index in [1.54, 1.807) is 20.1 Å². The van der Waals surface area contributed by atoms with E-state index in [1.807, 2.05) is 19.1 Å². The Bertz CT molecular complexity index is 771. The molecule has 0 unspecified atom stereocenters. The van der Waals surface area contributed by atoms with Crippen molar-refractivity contribution in [3.8, 4) is 11.5 Å². The maximum absolute atomic E-state index is 11.8. The first kappa shape index (κ1) is 17.5. The first-order chi connectivity index (χ1) is 11.5. The van der Waals surface area contributed by atoms with Gasteiger partial charge in [-0.15, -0.1) is 0 Å². The van der Waals surface area contributed by atoms with E-state index in [2.05, 4.69) is 10.3 Å². The van der Waals surface area contributed by atoms with Crippen LogP contribution in [0.2, 0.25) is 0 Å². The van der Waals surface area contributed by atoms with Gasteiger partial charge in [0.1, 0.15) is 0 Å². The zero-order valence-corrected chi connectivity index (χ0v) is 14.0. The fourth-order valence-corrected chi connectivity index (χ4v) is 2.09. The second-order valence-electron chi connectivity index (χ2n) is 5.35. The fourth-order valence-electron chi connectivity index (χ4n) is 2.09. The molecule has 7 nitrogen and oxygen atoms in total. The SMILES string of the molecule is COc1cc(C)ccc1OCC(=O)NCCn1cnc(C)cc1=O. The van der Waals surface area contributed by atoms with Crippen molar-refractivity contribution in [3.63, 3.8) is 0 Å². The van der Waals surface area contributed by atoms with Gasteiger partial charge < -0.3 is 14.8 Å². The number of aryl methyl sites for hydroxylation is 2. The molecule has 0 aliphatic carbocycles. The summed E-state index contributed by atoms with van der Waals surface area (Å²) in [6.07, 6.45) is 1.47. The van der Waals surface area contributed by atoms with E-state index in [9.17, 15) is 9.59 Å². The van der Waals surface area contributed by atoms with E-state index in [4.69, 9.17) is 9.47 Å². The molecule has 0 atom stereocenters. The Labute approximate surface area is 140 Å². The summed E-state index contributed by atoms with van der Waals surface area (Å²) in [5.41, 5.74) is 1.57. The van der Waals surface area contributed by atoms with Crippen LogP contribution in [0.3, 0.4) is 0 Å². The highest BCUT2D eigenvalue weighted by Gasteiger charge is 2.07. The van der Waals surface area contributed by atoms with Crippen molar-refractivity contribution in [3.05, 3.63) is 52.2 Å². The van der Waals surface area contributed by atoms with E-state index in [1.165, 1.54) is 17.0 Å². The molecule has 2 aromatic rings. The lowest BCUT2D eigenvalue weighted by molar-refractivity contribution is -0.123. The molecule has 0 radical (unpaired) electrons. The summed E-state index contributed by atoms with van der Waals surface area (Å²) in [4.78, 5) is 27.6. The first-order valence-electron chi connectivity index (χ1n) is 7.57. The fraction of sp³-hybridized carbons (Fsp3) is 0.353. The third kappa shape index (κ3) is 4.84. The van der Waals surface area contributed by atoms with Crippen LogP contribution in [-0.2, 0) is 11.3 Å². The lowest BCUT2D eigenvalue weighted by Crippen LogP contribution is -2.33. The number of carbonyl (C=O) groups is 1. The molecule has 24 heavy (non-hydrogen) atoms. The average Bonchev–Trinajstić information content (AvgIpc) is 2.55. The van der Waals surface area contributed by atoms with Gasteiger partial charge in [0.05, 0.1) is 13.4 Å². The van der Waals surface area contributed by atoms with Gasteiger partial charge in [0, 0.05) is 24.8 Å². The zero-order chi connectivity index (χ0) is 17.5. The van der Waals surface area contributed by atoms with E-state index in [0.717, 1.165) is 5.56 Å². The highest BCUT2D eigenvalue weighted by atomic mass is 16.5. The molecule has 0 fully saturated rings. The van der Waals surface area contributed by atoms with Crippen LogP contribution < -0.4 is 20.3 Å². The van der Waals surface area contributed by atoms with E-state index in [0.29, 0.717) is 30.3 Å². The summed E-state index contributed by atoms with van der Waals surface area (Å²) >= 11 is 0. The minimum Gasteiger partial charge on any atom is -0.493 e. The number of carbonyl (C=O) groups excluding carboxylic acids is 1. The van der Waals surface area contributed by atoms with Crippen LogP contribution in [0.15, 0.2) is 35.4 Å². The van der Waals surface area contributed by atoms with Gasteiger partial charge in [-0.3, -0.25) is 14.2 Å². The van der Waals surface area contributed by atoms with Crippen LogP contribution in [-0.4, -0.2) is 35.7 Å². The van der Waals surface area contributed by atoms with Crippen LogP contribution >= 0.6 is 0 Å². The molecule has 2 rings (SSSR count). The Morgan fingerprint density at radius 3 is 2.75 bits per heavy atom. The zero-order valence-electron chi connectivity index (χ0n) is 14.0. The van der Waals surface area contributed by atoms with Crippen LogP contribution in [0.5, 0.6) is 11.5 Å². The highest BCUT2D eigenvalue weighted by molar-refractivity contribution is 5.77. The summed E-state index contributed by atoms with van der Waals surface area (Å²) in [7, 11) is 1.55. The van der Waals surface area contributed by atoms with Gasteiger partial charge in [-0.1, -0.05) is 6.07 Å². The molecule has 1 aromatic carbocycles. The van der Waals surface area contributed by atoms with Gasteiger partial charge in [0.2, 0.25) is 0 Å². The molecule has 1 heterocycles. The molecule has 0 aliphatic rings. The second-order valence-corrected chi connectivity index (χ2v) is 5.35. The van der Waals surface area contributed by atoms with Gasteiger partial charge in [-0.2, -0.15) is 0 Å². The topological polar surface area (TPSA) is 82.4 Å². The van der Waals surface area contributed by atoms with E-state index >= 15 is 0 Å². The average molecular weight is 331 g/mol. The lowest BCUT2D eigenvalue weighted by Gasteiger charge is -2.11. The molecule has 0 spiro atoms. The van der Waals surface area contributed by atoms with Crippen molar-refractivity contribution in [2.24, 2.45) is 0 Å². The van der Waals surface area contributed by atoms with Crippen molar-refractivity contribution in [1.82, 2.24) is 14.9 Å². The number of nitrogens with one attached hydrogen (secondary N) is 1. The number of methoxy groups -OCH3 is 1. The summed E-state index contributed by atoms with van der Waals surface area (Å²) in [5.74, 6) is 0.822. The number of hydrogen-bond acceptors (Lipinski definition) is 5. The van der Waals surface area contributed by atoms with Gasteiger partial charge in [0.25, 0.3) is 11.5 Å². The Balaban J connectivity index is 1.80. The number of rotatable bonds is 7. The summed E-state index contributed by atoms with van der Waals surface area (Å²) < 4.78 is 12.1. The molecule has 0 bridgehead atoms. The number of nitrogens with zero attached hydrogens (tertiary/aromatic N) is 2. The Morgan fingerprint density at radius 1 is 1.25 bits per heavy atom. The molecule has 1 N–H and O–H groups in total. The molecule has 0 saturated heterocycles. The van der Waals surface area contributed by atoms with Crippen molar-refractivity contribution in [2.75, 3.05) is 20.3 Å². The minimum absolute atomic E-state index is 0.125. The maximum Gasteiger partial charge on any atom is 0.258 e. The van der Waals surface area contributed by atoms with Crippen LogP contribution in [0.25, 0.3) is 0 Å². The number of benzene rings is 1. The minimum atomic E-state index is -0.272. The Kier molecular flexibility index (Phi) is 5.95.